The summed E-state index contributed by atoms with van der Waals surface area (Å²) < 4.78 is 55.6. The maximum Gasteiger partial charge on any atom is 0.513 e. The molecule has 156 valence electrons. The molecule has 0 saturated heterocycles. The zero-order valence-electron chi connectivity index (χ0n) is 15.9. The standard InChI is InChI=1S/C21H20ClF3O4/c1-3-12-9-14(13-7-8-13)19(10-17(12)22)28-11-15-16(21(23,24)25)5-4-6-18(15)29-20(26)27-2/h4-6,9-10,13H,3,7-8,11H2,1-2H3. The second-order valence-corrected chi connectivity index (χ2v) is 7.14. The van der Waals surface area contributed by atoms with Crippen molar-refractivity contribution in [2.75, 3.05) is 7.11 Å². The van der Waals surface area contributed by atoms with E-state index in [4.69, 9.17) is 21.1 Å². The largest absolute Gasteiger partial charge is 0.513 e. The third kappa shape index (κ3) is 4.96. The first-order valence-electron chi connectivity index (χ1n) is 9.14. The van der Waals surface area contributed by atoms with Gasteiger partial charge in [-0.05, 0) is 54.5 Å². The molecule has 8 heteroatoms. The first-order chi connectivity index (χ1) is 13.7. The van der Waals surface area contributed by atoms with Crippen LogP contribution >= 0.6 is 11.6 Å². The van der Waals surface area contributed by atoms with Crippen LogP contribution in [0.15, 0.2) is 30.3 Å². The first-order valence-corrected chi connectivity index (χ1v) is 9.52. The molecule has 0 amide bonds. The molecule has 0 radical (unpaired) electrons. The Morgan fingerprint density at radius 3 is 2.52 bits per heavy atom. The van der Waals surface area contributed by atoms with Crippen LogP contribution in [-0.4, -0.2) is 13.3 Å². The van der Waals surface area contributed by atoms with Crippen LogP contribution in [0.25, 0.3) is 0 Å². The SMILES string of the molecule is CCc1cc(C2CC2)c(OCc2c(OC(=O)OC)cccc2C(F)(F)F)cc1Cl. The van der Waals surface area contributed by atoms with E-state index < -0.39 is 24.5 Å². The number of benzene rings is 2. The van der Waals surface area contributed by atoms with Gasteiger partial charge in [0.05, 0.1) is 12.7 Å². The lowest BCUT2D eigenvalue weighted by Gasteiger charge is -2.19. The Hall–Kier alpha value is -2.41. The number of aryl methyl sites for hydroxylation is 1. The van der Waals surface area contributed by atoms with E-state index in [1.165, 1.54) is 6.07 Å². The number of alkyl halides is 3. The molecule has 29 heavy (non-hydrogen) atoms. The van der Waals surface area contributed by atoms with Crippen molar-refractivity contribution in [3.05, 3.63) is 57.6 Å². The van der Waals surface area contributed by atoms with Crippen LogP contribution in [0, 0.1) is 0 Å². The molecule has 2 aromatic carbocycles. The minimum absolute atomic E-state index is 0.268. The molecule has 0 spiro atoms. The number of carbonyl (C=O) groups is 1. The maximum absolute atomic E-state index is 13.5. The lowest BCUT2D eigenvalue weighted by Crippen LogP contribution is -2.15. The van der Waals surface area contributed by atoms with Crippen LogP contribution < -0.4 is 9.47 Å². The molecule has 1 fully saturated rings. The second kappa shape index (κ2) is 8.53. The van der Waals surface area contributed by atoms with Crippen molar-refractivity contribution in [3.63, 3.8) is 0 Å². The third-order valence-corrected chi connectivity index (χ3v) is 5.10. The fraction of sp³-hybridized carbons (Fsp3) is 0.381. The summed E-state index contributed by atoms with van der Waals surface area (Å²) in [7, 11) is 1.07. The van der Waals surface area contributed by atoms with Crippen molar-refractivity contribution in [3.8, 4) is 11.5 Å². The van der Waals surface area contributed by atoms with Crippen molar-refractivity contribution in [1.82, 2.24) is 0 Å². The number of hydrogen-bond donors (Lipinski definition) is 0. The lowest BCUT2D eigenvalue weighted by molar-refractivity contribution is -0.138. The van der Waals surface area contributed by atoms with Gasteiger partial charge in [0.25, 0.3) is 0 Å². The molecule has 0 aromatic heterocycles. The van der Waals surface area contributed by atoms with E-state index in [0.717, 1.165) is 49.6 Å². The molecule has 0 bridgehead atoms. The highest BCUT2D eigenvalue weighted by molar-refractivity contribution is 6.31. The molecular weight excluding hydrogens is 409 g/mol. The minimum Gasteiger partial charge on any atom is -0.488 e. The van der Waals surface area contributed by atoms with E-state index in [9.17, 15) is 18.0 Å². The lowest BCUT2D eigenvalue weighted by atomic mass is 10.0. The number of hydrogen-bond acceptors (Lipinski definition) is 4. The number of ether oxygens (including phenoxy) is 3. The number of methoxy groups -OCH3 is 1. The van der Waals surface area contributed by atoms with Crippen LogP contribution in [0.5, 0.6) is 11.5 Å². The van der Waals surface area contributed by atoms with Crippen molar-refractivity contribution >= 4 is 17.8 Å². The fourth-order valence-electron chi connectivity index (χ4n) is 3.09. The molecule has 2 aromatic rings. The summed E-state index contributed by atoms with van der Waals surface area (Å²) in [6.45, 7) is 1.54. The van der Waals surface area contributed by atoms with Crippen LogP contribution in [0.1, 0.15) is 47.9 Å². The second-order valence-electron chi connectivity index (χ2n) is 6.73. The van der Waals surface area contributed by atoms with Gasteiger partial charge < -0.3 is 14.2 Å². The topological polar surface area (TPSA) is 44.8 Å². The van der Waals surface area contributed by atoms with Gasteiger partial charge in [-0.15, -0.1) is 0 Å². The number of carbonyl (C=O) groups excluding carboxylic acids is 1. The summed E-state index contributed by atoms with van der Waals surface area (Å²) in [6.07, 6.45) is -3.02. The van der Waals surface area contributed by atoms with E-state index in [1.54, 1.807) is 6.07 Å². The summed E-state index contributed by atoms with van der Waals surface area (Å²) >= 11 is 6.29. The molecule has 1 saturated carbocycles. The minimum atomic E-state index is -4.64. The van der Waals surface area contributed by atoms with Crippen molar-refractivity contribution in [2.45, 2.75) is 44.9 Å². The van der Waals surface area contributed by atoms with Crippen LogP contribution in [0.2, 0.25) is 5.02 Å². The van der Waals surface area contributed by atoms with E-state index in [1.807, 2.05) is 13.0 Å². The van der Waals surface area contributed by atoms with Gasteiger partial charge in [-0.1, -0.05) is 30.7 Å². The Kier molecular flexibility index (Phi) is 6.27. The third-order valence-electron chi connectivity index (χ3n) is 4.75. The Labute approximate surface area is 171 Å². The average molecular weight is 429 g/mol. The van der Waals surface area contributed by atoms with Crippen molar-refractivity contribution in [2.24, 2.45) is 0 Å². The molecule has 0 N–H and O–H groups in total. The molecule has 1 aliphatic rings. The summed E-state index contributed by atoms with van der Waals surface area (Å²) in [5.41, 5.74) is 0.670. The zero-order valence-corrected chi connectivity index (χ0v) is 16.7. The molecular formula is C21H20ClF3O4. The quantitative estimate of drug-likeness (QED) is 0.388. The summed E-state index contributed by atoms with van der Waals surface area (Å²) in [4.78, 5) is 11.5. The zero-order chi connectivity index (χ0) is 21.2. The Morgan fingerprint density at radius 2 is 1.93 bits per heavy atom. The molecule has 0 heterocycles. The van der Waals surface area contributed by atoms with Gasteiger partial charge in [-0.3, -0.25) is 0 Å². The highest BCUT2D eigenvalue weighted by atomic mass is 35.5. The smallest absolute Gasteiger partial charge is 0.488 e. The van der Waals surface area contributed by atoms with Gasteiger partial charge in [-0.2, -0.15) is 13.2 Å². The van der Waals surface area contributed by atoms with Crippen LogP contribution in [-0.2, 0) is 23.9 Å². The van der Waals surface area contributed by atoms with Crippen molar-refractivity contribution in [1.29, 1.82) is 0 Å². The molecule has 3 rings (SSSR count). The summed E-state index contributed by atoms with van der Waals surface area (Å²) in [5, 5.41) is 0.502. The number of halogens is 4. The van der Waals surface area contributed by atoms with Crippen LogP contribution in [0.4, 0.5) is 18.0 Å². The van der Waals surface area contributed by atoms with E-state index in [0.29, 0.717) is 16.7 Å². The highest BCUT2D eigenvalue weighted by Crippen LogP contribution is 2.46. The molecule has 1 aliphatic carbocycles. The monoisotopic (exact) mass is 428 g/mol. The van der Waals surface area contributed by atoms with Gasteiger partial charge in [0.15, 0.2) is 0 Å². The Bertz CT molecular complexity index is 908. The van der Waals surface area contributed by atoms with E-state index in [2.05, 4.69) is 4.74 Å². The van der Waals surface area contributed by atoms with E-state index in [-0.39, 0.29) is 11.3 Å². The number of rotatable bonds is 6. The maximum atomic E-state index is 13.5. The molecule has 0 unspecified atom stereocenters. The predicted molar refractivity (Wildman–Crippen MR) is 102 cm³/mol. The van der Waals surface area contributed by atoms with Gasteiger partial charge in [-0.25, -0.2) is 4.79 Å². The van der Waals surface area contributed by atoms with Gasteiger partial charge >= 0.3 is 12.3 Å². The summed E-state index contributed by atoms with van der Waals surface area (Å²) in [6, 6.07) is 6.94. The normalized spacial score (nSPS) is 13.9. The van der Waals surface area contributed by atoms with Crippen molar-refractivity contribution < 1.29 is 32.2 Å². The van der Waals surface area contributed by atoms with Gasteiger partial charge in [0, 0.05) is 10.6 Å². The van der Waals surface area contributed by atoms with Gasteiger partial charge in [0.2, 0.25) is 0 Å². The highest BCUT2D eigenvalue weighted by Gasteiger charge is 2.35. The first kappa shape index (κ1) is 21.3. The summed E-state index contributed by atoms with van der Waals surface area (Å²) in [5.74, 6) is 0.489. The van der Waals surface area contributed by atoms with Gasteiger partial charge in [0.1, 0.15) is 18.1 Å². The van der Waals surface area contributed by atoms with Crippen LogP contribution in [0.3, 0.4) is 0 Å². The Balaban J connectivity index is 1.96. The molecule has 4 nitrogen and oxygen atoms in total. The average Bonchev–Trinajstić information content (AvgIpc) is 3.51. The molecule has 0 aliphatic heterocycles. The predicted octanol–water partition coefficient (Wildman–Crippen LogP) is 6.52. The van der Waals surface area contributed by atoms with E-state index >= 15 is 0 Å². The molecule has 0 atom stereocenters. The Morgan fingerprint density at radius 1 is 1.21 bits per heavy atom. The fourth-order valence-corrected chi connectivity index (χ4v) is 3.37.